The number of nitrogens with one attached hydrogen (secondary N) is 1. The van der Waals surface area contributed by atoms with Crippen LogP contribution in [-0.4, -0.2) is 18.0 Å². The molecule has 5 nitrogen and oxygen atoms in total. The highest BCUT2D eigenvalue weighted by molar-refractivity contribution is 7.85. The molecule has 0 atom stereocenters. The van der Waals surface area contributed by atoms with Gasteiger partial charge in [0.25, 0.3) is 10.1 Å². The molecule has 0 saturated carbocycles. The fourth-order valence-electron chi connectivity index (χ4n) is 2.12. The van der Waals surface area contributed by atoms with E-state index < -0.39 is 10.1 Å². The standard InChI is InChI=1S/C15H11ClN2O3S/c16-10-4-5-13-14(6-7-17-15(13)8-10)18-11-2-1-3-12(9-11)22(19,20)21/h1-9H,(H,17,18)(H,19,20,21). The smallest absolute Gasteiger partial charge is 0.294 e. The predicted octanol–water partition coefficient (Wildman–Crippen LogP) is 3.88. The molecule has 2 aromatic carbocycles. The summed E-state index contributed by atoms with van der Waals surface area (Å²) < 4.78 is 31.5. The van der Waals surface area contributed by atoms with E-state index >= 15 is 0 Å². The summed E-state index contributed by atoms with van der Waals surface area (Å²) in [4.78, 5) is 4.07. The number of anilines is 2. The van der Waals surface area contributed by atoms with Crippen LogP contribution in [0.3, 0.4) is 0 Å². The predicted molar refractivity (Wildman–Crippen MR) is 86.3 cm³/mol. The zero-order valence-corrected chi connectivity index (χ0v) is 12.8. The Labute approximate surface area is 132 Å². The Balaban J connectivity index is 2.04. The van der Waals surface area contributed by atoms with Crippen molar-refractivity contribution < 1.29 is 13.0 Å². The van der Waals surface area contributed by atoms with Crippen LogP contribution in [0.1, 0.15) is 0 Å². The molecule has 2 N–H and O–H groups in total. The SMILES string of the molecule is O=S(=O)(O)c1cccc(Nc2ccnc3cc(Cl)ccc23)c1. The first-order valence-corrected chi connectivity index (χ1v) is 8.14. The lowest BCUT2D eigenvalue weighted by atomic mass is 10.2. The number of fused-ring (bicyclic) bond motifs is 1. The van der Waals surface area contributed by atoms with Crippen molar-refractivity contribution in [3.05, 3.63) is 59.8 Å². The number of rotatable bonds is 3. The quantitative estimate of drug-likeness (QED) is 0.710. The number of nitrogens with zero attached hydrogens (tertiary/aromatic N) is 1. The second-order valence-corrected chi connectivity index (χ2v) is 6.51. The summed E-state index contributed by atoms with van der Waals surface area (Å²) in [5.74, 6) is 0. The summed E-state index contributed by atoms with van der Waals surface area (Å²) >= 11 is 5.95. The maximum absolute atomic E-state index is 11.2. The maximum atomic E-state index is 11.2. The fourth-order valence-corrected chi connectivity index (χ4v) is 2.81. The van der Waals surface area contributed by atoms with Gasteiger partial charge in [0.15, 0.2) is 0 Å². The molecule has 0 radical (unpaired) electrons. The molecule has 0 spiro atoms. The van der Waals surface area contributed by atoms with Crippen LogP contribution in [0.2, 0.25) is 5.02 Å². The lowest BCUT2D eigenvalue weighted by Crippen LogP contribution is -1.99. The zero-order valence-electron chi connectivity index (χ0n) is 11.2. The first kappa shape index (κ1) is 14.8. The Kier molecular flexibility index (Phi) is 3.74. The summed E-state index contributed by atoms with van der Waals surface area (Å²) in [6.45, 7) is 0. The highest BCUT2D eigenvalue weighted by Gasteiger charge is 2.10. The average molecular weight is 335 g/mol. The van der Waals surface area contributed by atoms with Gasteiger partial charge in [-0.2, -0.15) is 8.42 Å². The molecule has 3 aromatic rings. The summed E-state index contributed by atoms with van der Waals surface area (Å²) in [6.07, 6.45) is 1.63. The Bertz CT molecular complexity index is 958. The molecule has 0 saturated heterocycles. The van der Waals surface area contributed by atoms with Gasteiger partial charge in [0.1, 0.15) is 0 Å². The average Bonchev–Trinajstić information content (AvgIpc) is 2.46. The van der Waals surface area contributed by atoms with E-state index in [4.69, 9.17) is 16.2 Å². The Morgan fingerprint density at radius 1 is 1.09 bits per heavy atom. The third-order valence-corrected chi connectivity index (χ3v) is 4.20. The highest BCUT2D eigenvalue weighted by Crippen LogP contribution is 2.27. The van der Waals surface area contributed by atoms with Crippen molar-refractivity contribution in [2.75, 3.05) is 5.32 Å². The number of hydrogen-bond donors (Lipinski definition) is 2. The van der Waals surface area contributed by atoms with Crippen LogP contribution in [0.15, 0.2) is 59.6 Å². The van der Waals surface area contributed by atoms with Gasteiger partial charge in [0.2, 0.25) is 0 Å². The van der Waals surface area contributed by atoms with Crippen LogP contribution < -0.4 is 5.32 Å². The van der Waals surface area contributed by atoms with Gasteiger partial charge >= 0.3 is 0 Å². The van der Waals surface area contributed by atoms with Crippen LogP contribution in [0.4, 0.5) is 11.4 Å². The summed E-state index contributed by atoms with van der Waals surface area (Å²) in [5, 5.41) is 4.56. The zero-order chi connectivity index (χ0) is 15.7. The highest BCUT2D eigenvalue weighted by atomic mass is 35.5. The van der Waals surface area contributed by atoms with Crippen LogP contribution in [0.5, 0.6) is 0 Å². The van der Waals surface area contributed by atoms with Gasteiger partial charge in [-0.25, -0.2) is 0 Å². The van der Waals surface area contributed by atoms with Gasteiger partial charge in [-0.05, 0) is 42.5 Å². The van der Waals surface area contributed by atoms with Gasteiger partial charge in [-0.3, -0.25) is 9.54 Å². The van der Waals surface area contributed by atoms with E-state index in [9.17, 15) is 8.42 Å². The minimum atomic E-state index is -4.24. The van der Waals surface area contributed by atoms with Gasteiger partial charge < -0.3 is 5.32 Å². The van der Waals surface area contributed by atoms with Crippen LogP contribution in [-0.2, 0) is 10.1 Å². The van der Waals surface area contributed by atoms with E-state index in [2.05, 4.69) is 10.3 Å². The van der Waals surface area contributed by atoms with Crippen molar-refractivity contribution in [2.24, 2.45) is 0 Å². The van der Waals surface area contributed by atoms with Crippen molar-refractivity contribution in [3.63, 3.8) is 0 Å². The molecule has 3 rings (SSSR count). The van der Waals surface area contributed by atoms with E-state index in [1.165, 1.54) is 12.1 Å². The van der Waals surface area contributed by atoms with Crippen molar-refractivity contribution in [2.45, 2.75) is 4.90 Å². The Morgan fingerprint density at radius 3 is 2.68 bits per heavy atom. The second kappa shape index (κ2) is 5.57. The number of pyridine rings is 1. The molecule has 0 aliphatic rings. The Hall–Kier alpha value is -2.15. The molecule has 1 aromatic heterocycles. The summed E-state index contributed by atoms with van der Waals surface area (Å²) in [6, 6.07) is 13.0. The maximum Gasteiger partial charge on any atom is 0.294 e. The van der Waals surface area contributed by atoms with E-state index in [1.54, 1.807) is 36.5 Å². The molecule has 7 heteroatoms. The molecule has 1 heterocycles. The van der Waals surface area contributed by atoms with Crippen molar-refractivity contribution in [1.29, 1.82) is 0 Å². The lowest BCUT2D eigenvalue weighted by molar-refractivity contribution is 0.483. The second-order valence-electron chi connectivity index (χ2n) is 4.65. The normalized spacial score (nSPS) is 11.5. The van der Waals surface area contributed by atoms with E-state index in [0.717, 1.165) is 16.6 Å². The molecule has 112 valence electrons. The largest absolute Gasteiger partial charge is 0.355 e. The monoisotopic (exact) mass is 334 g/mol. The van der Waals surface area contributed by atoms with Crippen molar-refractivity contribution >= 4 is 44.0 Å². The molecule has 0 aliphatic heterocycles. The third kappa shape index (κ3) is 3.04. The van der Waals surface area contributed by atoms with Crippen LogP contribution >= 0.6 is 11.6 Å². The number of halogens is 1. The van der Waals surface area contributed by atoms with Gasteiger partial charge in [0.05, 0.1) is 10.4 Å². The lowest BCUT2D eigenvalue weighted by Gasteiger charge is -2.10. The molecule has 0 aliphatic carbocycles. The van der Waals surface area contributed by atoms with E-state index in [0.29, 0.717) is 10.7 Å². The van der Waals surface area contributed by atoms with Crippen LogP contribution in [0.25, 0.3) is 10.9 Å². The first-order chi connectivity index (χ1) is 10.4. The number of aromatic nitrogens is 1. The summed E-state index contributed by atoms with van der Waals surface area (Å²) in [7, 11) is -4.24. The molecule has 0 amide bonds. The van der Waals surface area contributed by atoms with Gasteiger partial charge in [0, 0.05) is 28.0 Å². The summed E-state index contributed by atoms with van der Waals surface area (Å²) in [5.41, 5.74) is 2.02. The first-order valence-electron chi connectivity index (χ1n) is 6.32. The molecular formula is C15H11ClN2O3S. The molecule has 0 fully saturated rings. The molecule has 22 heavy (non-hydrogen) atoms. The van der Waals surface area contributed by atoms with Gasteiger partial charge in [-0.15, -0.1) is 0 Å². The minimum Gasteiger partial charge on any atom is -0.355 e. The van der Waals surface area contributed by atoms with E-state index in [-0.39, 0.29) is 4.90 Å². The molecule has 0 unspecified atom stereocenters. The third-order valence-electron chi connectivity index (χ3n) is 3.12. The van der Waals surface area contributed by atoms with E-state index in [1.807, 2.05) is 6.07 Å². The van der Waals surface area contributed by atoms with Crippen LogP contribution in [0, 0.1) is 0 Å². The van der Waals surface area contributed by atoms with Crippen molar-refractivity contribution in [1.82, 2.24) is 4.98 Å². The molecule has 0 bridgehead atoms. The Morgan fingerprint density at radius 2 is 1.91 bits per heavy atom. The molecular weight excluding hydrogens is 324 g/mol. The van der Waals surface area contributed by atoms with Gasteiger partial charge in [-0.1, -0.05) is 17.7 Å². The number of benzene rings is 2. The van der Waals surface area contributed by atoms with Crippen molar-refractivity contribution in [3.8, 4) is 0 Å². The number of hydrogen-bond acceptors (Lipinski definition) is 4. The fraction of sp³-hybridized carbons (Fsp3) is 0. The minimum absolute atomic E-state index is 0.168. The topological polar surface area (TPSA) is 79.3 Å².